The van der Waals surface area contributed by atoms with Crippen molar-refractivity contribution in [1.29, 1.82) is 0 Å². The highest BCUT2D eigenvalue weighted by Crippen LogP contribution is 2.31. The second-order valence-corrected chi connectivity index (χ2v) is 8.21. The van der Waals surface area contributed by atoms with E-state index in [0.717, 1.165) is 10.5 Å². The molecule has 0 fully saturated rings. The Labute approximate surface area is 196 Å². The highest BCUT2D eigenvalue weighted by atomic mass is 19.1. The first-order chi connectivity index (χ1) is 16.3. The molecular weight excluding hydrogens is 438 g/mol. The smallest absolute Gasteiger partial charge is 0.278 e. The third-order valence-corrected chi connectivity index (χ3v) is 5.33. The van der Waals surface area contributed by atoms with Crippen LogP contribution in [0.3, 0.4) is 0 Å². The van der Waals surface area contributed by atoms with E-state index in [1.807, 2.05) is 13.8 Å². The lowest BCUT2D eigenvalue weighted by Gasteiger charge is -2.15. The van der Waals surface area contributed by atoms with Gasteiger partial charge < -0.3 is 10.1 Å². The van der Waals surface area contributed by atoms with Gasteiger partial charge in [0.05, 0.1) is 11.7 Å². The minimum Gasteiger partial charge on any atom is -0.491 e. The lowest BCUT2D eigenvalue weighted by atomic mass is 10.0. The molecule has 1 N–H and O–H groups in total. The van der Waals surface area contributed by atoms with Gasteiger partial charge in [0.15, 0.2) is 0 Å². The highest BCUT2D eigenvalue weighted by Gasteiger charge is 2.39. The Morgan fingerprint density at radius 3 is 2.00 bits per heavy atom. The van der Waals surface area contributed by atoms with E-state index in [-0.39, 0.29) is 29.7 Å². The lowest BCUT2D eigenvalue weighted by molar-refractivity contribution is -0.136. The molecule has 3 aromatic carbocycles. The second kappa shape index (κ2) is 9.87. The fraction of sp³-hybridized carbons (Fsp3) is 0.185. The summed E-state index contributed by atoms with van der Waals surface area (Å²) >= 11 is 0. The molecule has 3 aromatic rings. The molecule has 2 amide bonds. The summed E-state index contributed by atoms with van der Waals surface area (Å²) in [5.41, 5.74) is 2.13. The summed E-state index contributed by atoms with van der Waals surface area (Å²) in [5, 5.41) is 3.07. The van der Waals surface area contributed by atoms with Crippen LogP contribution in [0, 0.1) is 11.6 Å². The van der Waals surface area contributed by atoms with Crippen LogP contribution in [0.15, 0.2) is 78.5 Å². The number of ether oxygens (including phenoxy) is 1. The van der Waals surface area contributed by atoms with Crippen LogP contribution < -0.4 is 10.1 Å². The van der Waals surface area contributed by atoms with Gasteiger partial charge in [-0.15, -0.1) is 0 Å². The van der Waals surface area contributed by atoms with Crippen LogP contribution in [0.1, 0.15) is 25.0 Å². The normalized spacial score (nSPS) is 13.7. The van der Waals surface area contributed by atoms with Crippen molar-refractivity contribution in [2.24, 2.45) is 0 Å². The maximum absolute atomic E-state index is 13.5. The van der Waals surface area contributed by atoms with E-state index in [2.05, 4.69) is 5.32 Å². The standard InChI is InChI=1S/C27H24F2N2O3/c1-17(2)34-23-13-11-22(12-14-23)30-25-24(19-5-9-21(29)10-6-19)26(32)31(27(25)33)16-15-18-3-7-20(28)8-4-18/h3-14,17,30H,15-16H2,1-2H3. The van der Waals surface area contributed by atoms with Gasteiger partial charge in [-0.25, -0.2) is 8.78 Å². The summed E-state index contributed by atoms with van der Waals surface area (Å²) in [6.45, 7) is 3.98. The molecule has 0 radical (unpaired) electrons. The van der Waals surface area contributed by atoms with Crippen molar-refractivity contribution in [3.8, 4) is 5.75 Å². The number of carbonyl (C=O) groups is 2. The van der Waals surface area contributed by atoms with Gasteiger partial charge in [-0.05, 0) is 79.9 Å². The zero-order chi connectivity index (χ0) is 24.2. The molecule has 4 rings (SSSR count). The van der Waals surface area contributed by atoms with Gasteiger partial charge in [0, 0.05) is 12.2 Å². The summed E-state index contributed by atoms with van der Waals surface area (Å²) in [5.74, 6) is -1.06. The number of hydrogen-bond donors (Lipinski definition) is 1. The van der Waals surface area contributed by atoms with Crippen LogP contribution in [0.25, 0.3) is 5.57 Å². The van der Waals surface area contributed by atoms with Gasteiger partial charge in [0.1, 0.15) is 23.1 Å². The number of nitrogens with one attached hydrogen (secondary N) is 1. The molecular formula is C27H24F2N2O3. The summed E-state index contributed by atoms with van der Waals surface area (Å²) in [7, 11) is 0. The number of halogens is 2. The first-order valence-electron chi connectivity index (χ1n) is 11.0. The van der Waals surface area contributed by atoms with Gasteiger partial charge >= 0.3 is 0 Å². The van der Waals surface area contributed by atoms with Gasteiger partial charge in [-0.1, -0.05) is 24.3 Å². The zero-order valence-electron chi connectivity index (χ0n) is 18.8. The van der Waals surface area contributed by atoms with Crippen molar-refractivity contribution in [2.75, 3.05) is 11.9 Å². The Hall–Kier alpha value is -4.00. The van der Waals surface area contributed by atoms with Crippen LogP contribution in [0.5, 0.6) is 5.75 Å². The molecule has 0 aromatic heterocycles. The van der Waals surface area contributed by atoms with Crippen LogP contribution in [-0.4, -0.2) is 29.4 Å². The average molecular weight is 462 g/mol. The van der Waals surface area contributed by atoms with Crippen molar-refractivity contribution < 1.29 is 23.1 Å². The Balaban J connectivity index is 1.61. The number of nitrogens with zero attached hydrogens (tertiary/aromatic N) is 1. The van der Waals surface area contributed by atoms with Crippen LogP contribution in [0.2, 0.25) is 0 Å². The molecule has 0 spiro atoms. The van der Waals surface area contributed by atoms with E-state index in [1.54, 1.807) is 36.4 Å². The maximum atomic E-state index is 13.5. The molecule has 1 aliphatic rings. The average Bonchev–Trinajstić information content (AvgIpc) is 3.04. The van der Waals surface area contributed by atoms with Gasteiger partial charge in [-0.3, -0.25) is 14.5 Å². The number of hydrogen-bond acceptors (Lipinski definition) is 4. The molecule has 5 nitrogen and oxygen atoms in total. The number of carbonyl (C=O) groups excluding carboxylic acids is 2. The number of benzene rings is 3. The van der Waals surface area contributed by atoms with Crippen LogP contribution in [-0.2, 0) is 16.0 Å². The van der Waals surface area contributed by atoms with E-state index in [9.17, 15) is 18.4 Å². The fourth-order valence-corrected chi connectivity index (χ4v) is 3.70. The summed E-state index contributed by atoms with van der Waals surface area (Å²) in [4.78, 5) is 27.7. The minimum absolute atomic E-state index is 0.0234. The predicted molar refractivity (Wildman–Crippen MR) is 126 cm³/mol. The number of amides is 2. The van der Waals surface area contributed by atoms with Gasteiger partial charge in [0.25, 0.3) is 11.8 Å². The quantitative estimate of drug-likeness (QED) is 0.469. The van der Waals surface area contributed by atoms with Crippen molar-refractivity contribution in [3.05, 3.63) is 101 Å². The number of imide groups is 1. The van der Waals surface area contributed by atoms with E-state index in [4.69, 9.17) is 4.74 Å². The Morgan fingerprint density at radius 2 is 1.41 bits per heavy atom. The van der Waals surface area contributed by atoms with E-state index < -0.39 is 17.6 Å². The number of anilines is 1. The zero-order valence-corrected chi connectivity index (χ0v) is 18.8. The second-order valence-electron chi connectivity index (χ2n) is 8.21. The summed E-state index contributed by atoms with van der Waals surface area (Å²) in [6.07, 6.45) is 0.401. The van der Waals surface area contributed by atoms with Crippen molar-refractivity contribution >= 4 is 23.1 Å². The molecule has 0 atom stereocenters. The Kier molecular flexibility index (Phi) is 6.72. The van der Waals surface area contributed by atoms with Gasteiger partial charge in [0.2, 0.25) is 0 Å². The third-order valence-electron chi connectivity index (χ3n) is 5.33. The van der Waals surface area contributed by atoms with Crippen molar-refractivity contribution in [2.45, 2.75) is 26.4 Å². The molecule has 0 unspecified atom stereocenters. The first-order valence-corrected chi connectivity index (χ1v) is 11.0. The van der Waals surface area contributed by atoms with Crippen LogP contribution in [0.4, 0.5) is 14.5 Å². The molecule has 1 heterocycles. The maximum Gasteiger partial charge on any atom is 0.278 e. The van der Waals surface area contributed by atoms with Crippen molar-refractivity contribution in [1.82, 2.24) is 4.90 Å². The molecule has 1 aliphatic heterocycles. The predicted octanol–water partition coefficient (Wildman–Crippen LogP) is 5.19. The molecule has 0 bridgehead atoms. The lowest BCUT2D eigenvalue weighted by Crippen LogP contribution is -2.34. The minimum atomic E-state index is -0.478. The number of rotatable bonds is 8. The monoisotopic (exact) mass is 462 g/mol. The molecule has 7 heteroatoms. The van der Waals surface area contributed by atoms with Gasteiger partial charge in [-0.2, -0.15) is 0 Å². The molecule has 0 saturated carbocycles. The van der Waals surface area contributed by atoms with Crippen LogP contribution >= 0.6 is 0 Å². The summed E-state index contributed by atoms with van der Waals surface area (Å²) in [6, 6.07) is 18.4. The largest absolute Gasteiger partial charge is 0.491 e. The third kappa shape index (κ3) is 5.14. The molecule has 0 saturated heterocycles. The SMILES string of the molecule is CC(C)Oc1ccc(NC2=C(c3ccc(F)cc3)C(=O)N(CCc3ccc(F)cc3)C2=O)cc1. The molecule has 34 heavy (non-hydrogen) atoms. The molecule has 0 aliphatic carbocycles. The van der Waals surface area contributed by atoms with E-state index >= 15 is 0 Å². The van der Waals surface area contributed by atoms with E-state index in [0.29, 0.717) is 23.4 Å². The van der Waals surface area contributed by atoms with E-state index in [1.165, 1.54) is 36.4 Å². The highest BCUT2D eigenvalue weighted by molar-refractivity contribution is 6.36. The Morgan fingerprint density at radius 1 is 0.824 bits per heavy atom. The molecule has 174 valence electrons. The fourth-order valence-electron chi connectivity index (χ4n) is 3.70. The Bertz CT molecular complexity index is 1220. The van der Waals surface area contributed by atoms with Crippen molar-refractivity contribution in [3.63, 3.8) is 0 Å². The topological polar surface area (TPSA) is 58.6 Å². The first kappa shape index (κ1) is 23.2. The summed E-state index contributed by atoms with van der Waals surface area (Å²) < 4.78 is 32.3.